The summed E-state index contributed by atoms with van der Waals surface area (Å²) in [4.78, 5) is 36.4. The molecule has 28 heavy (non-hydrogen) atoms. The van der Waals surface area contributed by atoms with Crippen molar-refractivity contribution in [1.82, 2.24) is 10.6 Å². The van der Waals surface area contributed by atoms with E-state index in [0.29, 0.717) is 11.3 Å². The zero-order chi connectivity index (χ0) is 20.5. The van der Waals surface area contributed by atoms with Crippen molar-refractivity contribution in [2.45, 2.75) is 26.3 Å². The molecular weight excluding hydrogens is 354 g/mol. The summed E-state index contributed by atoms with van der Waals surface area (Å²) in [7, 11) is 0. The Labute approximate surface area is 164 Å². The Kier molecular flexibility index (Phi) is 7.35. The fourth-order valence-corrected chi connectivity index (χ4v) is 2.70. The molecule has 0 saturated heterocycles. The van der Waals surface area contributed by atoms with Crippen LogP contribution in [0.5, 0.6) is 0 Å². The molecule has 1 unspecified atom stereocenters. The number of amides is 3. The van der Waals surface area contributed by atoms with Crippen molar-refractivity contribution in [3.8, 4) is 12.3 Å². The molecule has 6 nitrogen and oxygen atoms in total. The summed E-state index contributed by atoms with van der Waals surface area (Å²) in [5.41, 5.74) is 2.61. The van der Waals surface area contributed by atoms with Crippen LogP contribution in [-0.2, 0) is 9.59 Å². The minimum Gasteiger partial charge on any atom is -0.349 e. The average molecular weight is 377 g/mol. The lowest BCUT2D eigenvalue weighted by atomic mass is 10.0. The molecule has 0 spiro atoms. The monoisotopic (exact) mass is 377 g/mol. The van der Waals surface area contributed by atoms with Crippen molar-refractivity contribution >= 4 is 23.4 Å². The van der Waals surface area contributed by atoms with E-state index in [1.54, 1.807) is 24.3 Å². The summed E-state index contributed by atoms with van der Waals surface area (Å²) >= 11 is 0. The van der Waals surface area contributed by atoms with Gasteiger partial charge in [0.15, 0.2) is 0 Å². The number of aryl methyl sites for hydroxylation is 1. The normalized spacial score (nSPS) is 11.0. The summed E-state index contributed by atoms with van der Waals surface area (Å²) in [6.45, 7) is 3.47. The molecule has 1 atom stereocenters. The van der Waals surface area contributed by atoms with E-state index >= 15 is 0 Å². The Morgan fingerprint density at radius 2 is 1.75 bits per heavy atom. The lowest BCUT2D eigenvalue weighted by Crippen LogP contribution is -2.30. The number of hydrogen-bond donors (Lipinski definition) is 3. The van der Waals surface area contributed by atoms with Crippen LogP contribution >= 0.6 is 0 Å². The second-order valence-corrected chi connectivity index (χ2v) is 6.35. The molecule has 0 heterocycles. The maximum Gasteiger partial charge on any atom is 0.254 e. The molecule has 144 valence electrons. The maximum absolute atomic E-state index is 12.6. The third kappa shape index (κ3) is 5.99. The minimum absolute atomic E-state index is 0.0307. The van der Waals surface area contributed by atoms with Gasteiger partial charge in [0.05, 0.1) is 30.3 Å². The van der Waals surface area contributed by atoms with Crippen molar-refractivity contribution in [3.05, 3.63) is 65.2 Å². The molecule has 3 N–H and O–H groups in total. The highest BCUT2D eigenvalue weighted by Crippen LogP contribution is 2.20. The first kappa shape index (κ1) is 20.7. The highest BCUT2D eigenvalue weighted by molar-refractivity contribution is 6.04. The topological polar surface area (TPSA) is 87.3 Å². The van der Waals surface area contributed by atoms with E-state index in [9.17, 15) is 14.4 Å². The number of benzene rings is 2. The second kappa shape index (κ2) is 9.93. The van der Waals surface area contributed by atoms with E-state index in [4.69, 9.17) is 6.42 Å². The van der Waals surface area contributed by atoms with Gasteiger partial charge in [0.25, 0.3) is 5.91 Å². The lowest BCUT2D eigenvalue weighted by Gasteiger charge is -2.19. The highest BCUT2D eigenvalue weighted by Gasteiger charge is 2.19. The number of nitrogens with one attached hydrogen (secondary N) is 3. The molecule has 3 amide bonds. The fourth-order valence-electron chi connectivity index (χ4n) is 2.70. The molecule has 6 heteroatoms. The van der Waals surface area contributed by atoms with Gasteiger partial charge in [-0.05, 0) is 24.6 Å². The van der Waals surface area contributed by atoms with Crippen LogP contribution in [0, 0.1) is 19.3 Å². The van der Waals surface area contributed by atoms with Gasteiger partial charge in [0.2, 0.25) is 11.8 Å². The standard InChI is InChI=1S/C22H23N3O3/c1-4-13-23-22(28)18-7-5-6-8-19(18)25-21(27)14-20(24-16(3)26)17-11-9-15(2)10-12-17/h1,5-12,20H,13-14H2,2-3H3,(H,23,28)(H,24,26)(H,25,27). The van der Waals surface area contributed by atoms with Crippen LogP contribution in [0.3, 0.4) is 0 Å². The molecule has 0 aliphatic rings. The van der Waals surface area contributed by atoms with E-state index in [1.165, 1.54) is 6.92 Å². The van der Waals surface area contributed by atoms with Gasteiger partial charge in [-0.2, -0.15) is 0 Å². The first-order valence-electron chi connectivity index (χ1n) is 8.85. The van der Waals surface area contributed by atoms with Crippen LogP contribution < -0.4 is 16.0 Å². The highest BCUT2D eigenvalue weighted by atomic mass is 16.2. The van der Waals surface area contributed by atoms with Crippen LogP contribution in [0.1, 0.15) is 40.9 Å². The van der Waals surface area contributed by atoms with E-state index in [2.05, 4.69) is 21.9 Å². The summed E-state index contributed by atoms with van der Waals surface area (Å²) in [5, 5.41) is 8.12. The Morgan fingerprint density at radius 3 is 2.39 bits per heavy atom. The van der Waals surface area contributed by atoms with Gasteiger partial charge in [0, 0.05) is 6.92 Å². The minimum atomic E-state index is -0.472. The predicted molar refractivity (Wildman–Crippen MR) is 109 cm³/mol. The zero-order valence-electron chi connectivity index (χ0n) is 15.9. The van der Waals surface area contributed by atoms with Crippen molar-refractivity contribution in [3.63, 3.8) is 0 Å². The van der Waals surface area contributed by atoms with Gasteiger partial charge < -0.3 is 16.0 Å². The van der Waals surface area contributed by atoms with Gasteiger partial charge in [-0.25, -0.2) is 0 Å². The van der Waals surface area contributed by atoms with Gasteiger partial charge in [-0.3, -0.25) is 14.4 Å². The molecule has 2 aromatic carbocycles. The van der Waals surface area contributed by atoms with Crippen molar-refractivity contribution in [2.24, 2.45) is 0 Å². The molecule has 0 bridgehead atoms. The summed E-state index contributed by atoms with van der Waals surface area (Å²) in [6.07, 6.45) is 5.19. The van der Waals surface area contributed by atoms with Crippen LogP contribution in [0.25, 0.3) is 0 Å². The number of anilines is 1. The molecular formula is C22H23N3O3. The van der Waals surface area contributed by atoms with Crippen LogP contribution in [0.15, 0.2) is 48.5 Å². The van der Waals surface area contributed by atoms with E-state index in [1.807, 2.05) is 31.2 Å². The Morgan fingerprint density at radius 1 is 1.07 bits per heavy atom. The van der Waals surface area contributed by atoms with Gasteiger partial charge in [0.1, 0.15) is 0 Å². The Balaban J connectivity index is 2.15. The van der Waals surface area contributed by atoms with Crippen molar-refractivity contribution < 1.29 is 14.4 Å². The number of hydrogen-bond acceptors (Lipinski definition) is 3. The number of rotatable bonds is 7. The first-order chi connectivity index (χ1) is 13.4. The summed E-state index contributed by atoms with van der Waals surface area (Å²) in [5.74, 6) is 1.41. The van der Waals surface area contributed by atoms with Crippen LogP contribution in [0.2, 0.25) is 0 Å². The number of carbonyl (C=O) groups excluding carboxylic acids is 3. The molecule has 2 aromatic rings. The Bertz CT molecular complexity index is 898. The number of terminal acetylenes is 1. The largest absolute Gasteiger partial charge is 0.349 e. The van der Waals surface area contributed by atoms with E-state index < -0.39 is 6.04 Å². The van der Waals surface area contributed by atoms with E-state index in [0.717, 1.165) is 11.1 Å². The average Bonchev–Trinajstić information content (AvgIpc) is 2.66. The summed E-state index contributed by atoms with van der Waals surface area (Å²) < 4.78 is 0. The molecule has 0 aliphatic heterocycles. The van der Waals surface area contributed by atoms with Crippen molar-refractivity contribution in [2.75, 3.05) is 11.9 Å². The zero-order valence-corrected chi connectivity index (χ0v) is 15.9. The Hall–Kier alpha value is -3.59. The fraction of sp³-hybridized carbons (Fsp3) is 0.227. The quantitative estimate of drug-likeness (QED) is 0.648. The first-order valence-corrected chi connectivity index (χ1v) is 8.85. The molecule has 0 radical (unpaired) electrons. The second-order valence-electron chi connectivity index (χ2n) is 6.35. The lowest BCUT2D eigenvalue weighted by molar-refractivity contribution is -0.120. The maximum atomic E-state index is 12.6. The van der Waals surface area contributed by atoms with Gasteiger partial charge in [-0.1, -0.05) is 47.9 Å². The molecule has 0 fully saturated rings. The van der Waals surface area contributed by atoms with Crippen molar-refractivity contribution in [1.29, 1.82) is 0 Å². The smallest absolute Gasteiger partial charge is 0.254 e. The van der Waals surface area contributed by atoms with Crippen LogP contribution in [-0.4, -0.2) is 24.3 Å². The summed E-state index contributed by atoms with van der Waals surface area (Å²) in [6, 6.07) is 13.8. The molecule has 2 rings (SSSR count). The number of para-hydroxylation sites is 1. The van der Waals surface area contributed by atoms with Crippen LogP contribution in [0.4, 0.5) is 5.69 Å². The predicted octanol–water partition coefficient (Wildman–Crippen LogP) is 2.56. The number of carbonyl (C=O) groups is 3. The third-order valence-electron chi connectivity index (χ3n) is 4.04. The van der Waals surface area contributed by atoms with Gasteiger partial charge in [-0.15, -0.1) is 6.42 Å². The van der Waals surface area contributed by atoms with Gasteiger partial charge >= 0.3 is 0 Å². The third-order valence-corrected chi connectivity index (χ3v) is 4.04. The molecule has 0 aromatic heterocycles. The molecule has 0 saturated carbocycles. The molecule has 0 aliphatic carbocycles. The SMILES string of the molecule is C#CCNC(=O)c1ccccc1NC(=O)CC(NC(C)=O)c1ccc(C)cc1. The van der Waals surface area contributed by atoms with E-state index in [-0.39, 0.29) is 30.7 Å².